The second kappa shape index (κ2) is 6.33. The van der Waals surface area contributed by atoms with Crippen LogP contribution in [0.4, 0.5) is 5.69 Å². The monoisotopic (exact) mass is 271 g/mol. The molecule has 1 N–H and O–H groups in total. The van der Waals surface area contributed by atoms with E-state index >= 15 is 0 Å². The van der Waals surface area contributed by atoms with Gasteiger partial charge < -0.3 is 14.8 Å². The van der Waals surface area contributed by atoms with E-state index < -0.39 is 0 Å². The molecule has 3 heteroatoms. The van der Waals surface area contributed by atoms with Gasteiger partial charge in [0.1, 0.15) is 11.5 Å². The SMILES string of the molecule is COc1ccc(OC)c(NCc2c(C)cccc2C)c1. The highest BCUT2D eigenvalue weighted by atomic mass is 16.5. The Bertz CT molecular complexity index is 573. The largest absolute Gasteiger partial charge is 0.497 e. The maximum atomic E-state index is 5.38. The van der Waals surface area contributed by atoms with E-state index in [1.54, 1.807) is 14.2 Å². The number of nitrogens with one attached hydrogen (secondary N) is 1. The molecule has 2 aromatic carbocycles. The lowest BCUT2D eigenvalue weighted by Gasteiger charge is -2.15. The van der Waals surface area contributed by atoms with E-state index in [-0.39, 0.29) is 0 Å². The average Bonchev–Trinajstić information content (AvgIpc) is 2.46. The quantitative estimate of drug-likeness (QED) is 0.893. The molecule has 0 fully saturated rings. The molecule has 0 aromatic heterocycles. The van der Waals surface area contributed by atoms with E-state index in [0.29, 0.717) is 0 Å². The summed E-state index contributed by atoms with van der Waals surface area (Å²) >= 11 is 0. The van der Waals surface area contributed by atoms with Crippen LogP contribution in [0.25, 0.3) is 0 Å². The number of ether oxygens (including phenoxy) is 2. The van der Waals surface area contributed by atoms with Crippen LogP contribution in [0.15, 0.2) is 36.4 Å². The van der Waals surface area contributed by atoms with Crippen LogP contribution < -0.4 is 14.8 Å². The Hall–Kier alpha value is -2.16. The van der Waals surface area contributed by atoms with Crippen LogP contribution in [0.3, 0.4) is 0 Å². The summed E-state index contributed by atoms with van der Waals surface area (Å²) in [5.41, 5.74) is 4.84. The molecule has 0 saturated carbocycles. The normalized spacial score (nSPS) is 10.2. The van der Waals surface area contributed by atoms with E-state index in [2.05, 4.69) is 37.4 Å². The Morgan fingerprint density at radius 2 is 1.65 bits per heavy atom. The summed E-state index contributed by atoms with van der Waals surface area (Å²) in [7, 11) is 3.34. The van der Waals surface area contributed by atoms with Gasteiger partial charge in [0.2, 0.25) is 0 Å². The molecule has 0 unspecified atom stereocenters. The van der Waals surface area contributed by atoms with Gasteiger partial charge in [0.15, 0.2) is 0 Å². The Balaban J connectivity index is 2.22. The number of anilines is 1. The standard InChI is InChI=1S/C17H21NO2/c1-12-6-5-7-13(2)15(12)11-18-16-10-14(19-3)8-9-17(16)20-4/h5-10,18H,11H2,1-4H3. The molecule has 106 valence electrons. The van der Waals surface area contributed by atoms with Crippen molar-refractivity contribution in [3.05, 3.63) is 53.1 Å². The minimum Gasteiger partial charge on any atom is -0.497 e. The van der Waals surface area contributed by atoms with Crippen LogP contribution in [0.2, 0.25) is 0 Å². The van der Waals surface area contributed by atoms with Gasteiger partial charge in [-0.1, -0.05) is 18.2 Å². The summed E-state index contributed by atoms with van der Waals surface area (Å²) in [6, 6.07) is 12.1. The third-order valence-corrected chi connectivity index (χ3v) is 3.51. The van der Waals surface area contributed by atoms with Crippen molar-refractivity contribution in [3.63, 3.8) is 0 Å². The molecule has 2 rings (SSSR count). The van der Waals surface area contributed by atoms with E-state index in [4.69, 9.17) is 9.47 Å². The first kappa shape index (κ1) is 14.3. The smallest absolute Gasteiger partial charge is 0.142 e. The average molecular weight is 271 g/mol. The van der Waals surface area contributed by atoms with Crippen molar-refractivity contribution >= 4 is 5.69 Å². The molecular formula is C17H21NO2. The number of hydrogen-bond acceptors (Lipinski definition) is 3. The zero-order valence-electron chi connectivity index (χ0n) is 12.5. The van der Waals surface area contributed by atoms with Crippen LogP contribution in [0.1, 0.15) is 16.7 Å². The molecular weight excluding hydrogens is 250 g/mol. The van der Waals surface area contributed by atoms with Crippen molar-refractivity contribution in [1.29, 1.82) is 0 Å². The van der Waals surface area contributed by atoms with Gasteiger partial charge in [0.05, 0.1) is 19.9 Å². The fourth-order valence-corrected chi connectivity index (χ4v) is 2.26. The first-order chi connectivity index (χ1) is 9.65. The van der Waals surface area contributed by atoms with Gasteiger partial charge in [0, 0.05) is 12.6 Å². The summed E-state index contributed by atoms with van der Waals surface area (Å²) in [5.74, 6) is 1.63. The van der Waals surface area contributed by atoms with Crippen molar-refractivity contribution in [1.82, 2.24) is 0 Å². The summed E-state index contributed by atoms with van der Waals surface area (Å²) in [6.07, 6.45) is 0. The van der Waals surface area contributed by atoms with Gasteiger partial charge in [-0.05, 0) is 42.7 Å². The Kier molecular flexibility index (Phi) is 4.51. The number of rotatable bonds is 5. The third kappa shape index (κ3) is 3.05. The number of methoxy groups -OCH3 is 2. The molecule has 0 aliphatic heterocycles. The fourth-order valence-electron chi connectivity index (χ4n) is 2.26. The lowest BCUT2D eigenvalue weighted by Crippen LogP contribution is -2.05. The second-order valence-corrected chi connectivity index (χ2v) is 4.79. The Labute approximate surface area is 120 Å². The molecule has 0 atom stereocenters. The van der Waals surface area contributed by atoms with Crippen molar-refractivity contribution in [3.8, 4) is 11.5 Å². The molecule has 3 nitrogen and oxygen atoms in total. The van der Waals surface area contributed by atoms with Gasteiger partial charge >= 0.3 is 0 Å². The predicted molar refractivity (Wildman–Crippen MR) is 82.8 cm³/mol. The van der Waals surface area contributed by atoms with Gasteiger partial charge in [-0.25, -0.2) is 0 Å². The van der Waals surface area contributed by atoms with Crippen LogP contribution >= 0.6 is 0 Å². The van der Waals surface area contributed by atoms with E-state index in [1.807, 2.05) is 18.2 Å². The van der Waals surface area contributed by atoms with Crippen LogP contribution in [-0.4, -0.2) is 14.2 Å². The first-order valence-electron chi connectivity index (χ1n) is 6.66. The molecule has 0 bridgehead atoms. The lowest BCUT2D eigenvalue weighted by molar-refractivity contribution is 0.404. The predicted octanol–water partition coefficient (Wildman–Crippen LogP) is 3.93. The zero-order valence-corrected chi connectivity index (χ0v) is 12.5. The van der Waals surface area contributed by atoms with Crippen LogP contribution in [-0.2, 0) is 6.54 Å². The highest BCUT2D eigenvalue weighted by Crippen LogP contribution is 2.29. The Morgan fingerprint density at radius 3 is 2.25 bits per heavy atom. The van der Waals surface area contributed by atoms with Crippen molar-refractivity contribution in [2.24, 2.45) is 0 Å². The fraction of sp³-hybridized carbons (Fsp3) is 0.294. The lowest BCUT2D eigenvalue weighted by atomic mass is 10.0. The maximum absolute atomic E-state index is 5.38. The van der Waals surface area contributed by atoms with E-state index in [1.165, 1.54) is 16.7 Å². The van der Waals surface area contributed by atoms with Gasteiger partial charge in [0.25, 0.3) is 0 Å². The minimum atomic E-state index is 0.766. The number of benzene rings is 2. The number of hydrogen-bond donors (Lipinski definition) is 1. The first-order valence-corrected chi connectivity index (χ1v) is 6.66. The van der Waals surface area contributed by atoms with E-state index in [9.17, 15) is 0 Å². The molecule has 0 aliphatic carbocycles. The second-order valence-electron chi connectivity index (χ2n) is 4.79. The van der Waals surface area contributed by atoms with Crippen molar-refractivity contribution in [2.45, 2.75) is 20.4 Å². The molecule has 0 spiro atoms. The maximum Gasteiger partial charge on any atom is 0.142 e. The van der Waals surface area contributed by atoms with Crippen molar-refractivity contribution < 1.29 is 9.47 Å². The summed E-state index contributed by atoms with van der Waals surface area (Å²) < 4.78 is 10.6. The minimum absolute atomic E-state index is 0.766. The molecule has 0 amide bonds. The molecule has 0 radical (unpaired) electrons. The molecule has 0 aliphatic rings. The van der Waals surface area contributed by atoms with Crippen molar-refractivity contribution in [2.75, 3.05) is 19.5 Å². The zero-order chi connectivity index (χ0) is 14.5. The summed E-state index contributed by atoms with van der Waals surface area (Å²) in [6.45, 7) is 5.03. The molecule has 0 heterocycles. The van der Waals surface area contributed by atoms with Gasteiger partial charge in [-0.3, -0.25) is 0 Å². The van der Waals surface area contributed by atoms with Crippen LogP contribution in [0.5, 0.6) is 11.5 Å². The number of aryl methyl sites for hydroxylation is 2. The highest BCUT2D eigenvalue weighted by molar-refractivity contribution is 5.60. The molecule has 2 aromatic rings. The molecule has 0 saturated heterocycles. The molecule has 20 heavy (non-hydrogen) atoms. The summed E-state index contributed by atoms with van der Waals surface area (Å²) in [5, 5.41) is 3.43. The summed E-state index contributed by atoms with van der Waals surface area (Å²) in [4.78, 5) is 0. The topological polar surface area (TPSA) is 30.5 Å². The van der Waals surface area contributed by atoms with Crippen LogP contribution in [0, 0.1) is 13.8 Å². The third-order valence-electron chi connectivity index (χ3n) is 3.51. The Morgan fingerprint density at radius 1 is 0.950 bits per heavy atom. The van der Waals surface area contributed by atoms with Gasteiger partial charge in [-0.15, -0.1) is 0 Å². The van der Waals surface area contributed by atoms with Gasteiger partial charge in [-0.2, -0.15) is 0 Å². The van der Waals surface area contributed by atoms with E-state index in [0.717, 1.165) is 23.7 Å². The highest BCUT2D eigenvalue weighted by Gasteiger charge is 2.07.